The van der Waals surface area contributed by atoms with Crippen LogP contribution < -0.4 is 15.0 Å². The third-order valence-corrected chi connectivity index (χ3v) is 11.3. The minimum absolute atomic E-state index is 0.108. The Morgan fingerprint density at radius 2 is 1.98 bits per heavy atom. The maximum absolute atomic E-state index is 14.4. The summed E-state index contributed by atoms with van der Waals surface area (Å²) >= 11 is 6.67. The predicted octanol–water partition coefficient (Wildman–Crippen LogP) is 4.67. The largest absolute Gasteiger partial charge is 0.508 e. The molecule has 7 nitrogen and oxygen atoms in total. The van der Waals surface area contributed by atoms with Gasteiger partial charge in [0.2, 0.25) is 0 Å². The van der Waals surface area contributed by atoms with Crippen LogP contribution in [0, 0.1) is 0 Å². The molecule has 2 unspecified atom stereocenters. The van der Waals surface area contributed by atoms with Crippen molar-refractivity contribution in [2.75, 3.05) is 37.7 Å². The van der Waals surface area contributed by atoms with Crippen LogP contribution in [0.2, 0.25) is 5.02 Å². The molecule has 1 spiro atoms. The molecule has 0 radical (unpaired) electrons. The second-order valence-corrected chi connectivity index (χ2v) is 14.0. The molecule has 4 saturated heterocycles. The topological polar surface area (TPSA) is 73.8 Å². The Morgan fingerprint density at radius 1 is 1.15 bits per heavy atom. The van der Waals surface area contributed by atoms with Crippen LogP contribution in [0.25, 0.3) is 0 Å². The van der Waals surface area contributed by atoms with Crippen LogP contribution in [0.3, 0.4) is 0 Å². The van der Waals surface area contributed by atoms with Gasteiger partial charge in [-0.15, -0.1) is 0 Å². The molecule has 2 N–H and O–H groups in total. The van der Waals surface area contributed by atoms with Crippen molar-refractivity contribution in [1.29, 1.82) is 0 Å². The first-order valence-corrected chi connectivity index (χ1v) is 15.6. The van der Waals surface area contributed by atoms with Crippen molar-refractivity contribution in [1.82, 2.24) is 20.2 Å². The first-order chi connectivity index (χ1) is 19.3. The van der Waals surface area contributed by atoms with E-state index in [1.54, 1.807) is 6.07 Å². The van der Waals surface area contributed by atoms with E-state index in [0.717, 1.165) is 69.7 Å². The van der Waals surface area contributed by atoms with E-state index < -0.39 is 6.17 Å². The second kappa shape index (κ2) is 9.17. The molecule has 2 aliphatic carbocycles. The van der Waals surface area contributed by atoms with E-state index >= 15 is 0 Å². The maximum Gasteiger partial charge on any atom is 0.318 e. The Morgan fingerprint density at radius 3 is 2.80 bits per heavy atom. The average Bonchev–Trinajstić information content (AvgIpc) is 3.62. The van der Waals surface area contributed by atoms with Crippen molar-refractivity contribution in [3.8, 4) is 11.8 Å². The fraction of sp³-hybridized carbons (Fsp3) is 0.677. The van der Waals surface area contributed by atoms with Crippen molar-refractivity contribution < 1.29 is 14.2 Å². The highest BCUT2D eigenvalue weighted by Crippen LogP contribution is 2.55. The van der Waals surface area contributed by atoms with E-state index in [9.17, 15) is 9.50 Å². The first-order valence-electron chi connectivity index (χ1n) is 15.3. The van der Waals surface area contributed by atoms with E-state index in [4.69, 9.17) is 26.3 Å². The molecule has 2 aromatic rings. The van der Waals surface area contributed by atoms with Gasteiger partial charge in [0.25, 0.3) is 0 Å². The number of ether oxygens (including phenoxy) is 1. The van der Waals surface area contributed by atoms with Gasteiger partial charge in [-0.2, -0.15) is 9.97 Å². The van der Waals surface area contributed by atoms with Gasteiger partial charge in [0, 0.05) is 60.6 Å². The molecule has 9 heteroatoms. The van der Waals surface area contributed by atoms with Gasteiger partial charge >= 0.3 is 6.01 Å². The van der Waals surface area contributed by atoms with Crippen LogP contribution in [0.1, 0.15) is 80.2 Å². The molecule has 214 valence electrons. The van der Waals surface area contributed by atoms with Crippen molar-refractivity contribution in [2.24, 2.45) is 0 Å². The standard InChI is InChI=1S/C31H39ClFN5O2/c1-18-11-30(24-9-22(39)10-25(32)27(18)24)7-5-23-26(13-30)35-29(36-28(23)37-15-20-3-4-21(16-37)34-20)40-17-31-6-2-8-38(31)14-19(33)12-31/h9-10,18-21,34,39H,2-8,11-17H2,1H3/t18?,19-,20-,21+,30?,31+/m1/s1. The van der Waals surface area contributed by atoms with E-state index in [0.29, 0.717) is 48.6 Å². The number of fused-ring (bicyclic) bond motifs is 6. The van der Waals surface area contributed by atoms with E-state index in [-0.39, 0.29) is 16.7 Å². The number of nitrogens with one attached hydrogen (secondary N) is 1. The third kappa shape index (κ3) is 3.96. The fourth-order valence-electron chi connectivity index (χ4n) is 9.36. The number of phenols is 1. The van der Waals surface area contributed by atoms with E-state index in [2.05, 4.69) is 22.0 Å². The number of phenolic OH excluding ortho intramolecular Hbond substituents is 1. The molecule has 4 fully saturated rings. The summed E-state index contributed by atoms with van der Waals surface area (Å²) in [4.78, 5) is 14.9. The molecule has 0 saturated carbocycles. The summed E-state index contributed by atoms with van der Waals surface area (Å²) in [6, 6.07) is 5.05. The lowest BCUT2D eigenvalue weighted by Gasteiger charge is -2.39. The van der Waals surface area contributed by atoms with Crippen molar-refractivity contribution in [3.05, 3.63) is 39.5 Å². The van der Waals surface area contributed by atoms with Crippen LogP contribution in [-0.2, 0) is 18.3 Å². The molecule has 5 heterocycles. The number of hydrogen-bond donors (Lipinski definition) is 2. The molecular formula is C31H39ClFN5O2. The smallest absolute Gasteiger partial charge is 0.318 e. The highest BCUT2D eigenvalue weighted by Gasteiger charge is 2.50. The van der Waals surface area contributed by atoms with E-state index in [1.165, 1.54) is 29.5 Å². The number of piperazine rings is 1. The Balaban J connectivity index is 1.16. The van der Waals surface area contributed by atoms with Gasteiger partial charge in [0.15, 0.2) is 0 Å². The molecule has 6 aliphatic rings. The minimum atomic E-state index is -0.784. The molecule has 1 aromatic heterocycles. The predicted molar refractivity (Wildman–Crippen MR) is 153 cm³/mol. The number of rotatable bonds is 4. The van der Waals surface area contributed by atoms with Crippen LogP contribution in [-0.4, -0.2) is 76.6 Å². The third-order valence-electron chi connectivity index (χ3n) is 11.0. The quantitative estimate of drug-likeness (QED) is 0.556. The highest BCUT2D eigenvalue weighted by molar-refractivity contribution is 6.31. The van der Waals surface area contributed by atoms with Gasteiger partial charge < -0.3 is 20.1 Å². The van der Waals surface area contributed by atoms with Gasteiger partial charge in [-0.3, -0.25) is 4.90 Å². The SMILES string of the molecule is CC1CC2(CCc3c(nc(OC[C@@]45CCCN4C[C@H](F)C5)nc3N3C[C@H]4CC[C@@H](C3)N4)C2)c2cc(O)cc(Cl)c21. The summed E-state index contributed by atoms with van der Waals surface area (Å²) in [6.45, 7) is 6.05. The zero-order valence-corrected chi connectivity index (χ0v) is 24.0. The van der Waals surface area contributed by atoms with Gasteiger partial charge in [-0.25, -0.2) is 4.39 Å². The number of halogens is 2. The van der Waals surface area contributed by atoms with Crippen LogP contribution >= 0.6 is 11.6 Å². The number of alkyl halides is 1. The average molecular weight is 568 g/mol. The summed E-state index contributed by atoms with van der Waals surface area (Å²) in [5, 5.41) is 14.9. The number of hydrogen-bond acceptors (Lipinski definition) is 7. The summed E-state index contributed by atoms with van der Waals surface area (Å²) in [6.07, 6.45) is 7.89. The lowest BCUT2D eigenvalue weighted by atomic mass is 9.69. The monoisotopic (exact) mass is 567 g/mol. The summed E-state index contributed by atoms with van der Waals surface area (Å²) in [5.41, 5.74) is 4.32. The van der Waals surface area contributed by atoms with E-state index in [1.807, 2.05) is 6.07 Å². The molecule has 40 heavy (non-hydrogen) atoms. The Kier molecular flexibility index (Phi) is 5.85. The molecular weight excluding hydrogens is 529 g/mol. The Hall–Kier alpha value is -2.16. The van der Waals surface area contributed by atoms with Gasteiger partial charge in [0.05, 0.1) is 11.2 Å². The number of aromatic nitrogens is 2. The number of anilines is 1. The first kappa shape index (κ1) is 25.5. The van der Waals surface area contributed by atoms with Crippen LogP contribution in [0.5, 0.6) is 11.8 Å². The molecule has 4 aliphatic heterocycles. The lowest BCUT2D eigenvalue weighted by Crippen LogP contribution is -2.52. The maximum atomic E-state index is 14.4. The number of benzene rings is 1. The van der Waals surface area contributed by atoms with Crippen molar-refractivity contribution in [3.63, 3.8) is 0 Å². The lowest BCUT2D eigenvalue weighted by molar-refractivity contribution is 0.107. The van der Waals surface area contributed by atoms with Crippen LogP contribution in [0.15, 0.2) is 12.1 Å². The molecule has 8 rings (SSSR count). The van der Waals surface area contributed by atoms with Gasteiger partial charge in [0.1, 0.15) is 24.3 Å². The normalized spacial score (nSPS) is 36.2. The summed E-state index contributed by atoms with van der Waals surface area (Å²) < 4.78 is 20.9. The zero-order valence-electron chi connectivity index (χ0n) is 23.3. The second-order valence-electron chi connectivity index (χ2n) is 13.6. The number of aromatic hydroxyl groups is 1. The molecule has 6 atom stereocenters. The fourth-order valence-corrected chi connectivity index (χ4v) is 9.76. The van der Waals surface area contributed by atoms with Crippen LogP contribution in [0.4, 0.5) is 10.2 Å². The summed E-state index contributed by atoms with van der Waals surface area (Å²) in [5.74, 6) is 1.59. The highest BCUT2D eigenvalue weighted by atomic mass is 35.5. The van der Waals surface area contributed by atoms with Gasteiger partial charge in [-0.1, -0.05) is 18.5 Å². The number of nitrogens with zero attached hydrogens (tertiary/aromatic N) is 4. The zero-order chi connectivity index (χ0) is 27.2. The Labute approximate surface area is 240 Å². The minimum Gasteiger partial charge on any atom is -0.508 e. The molecule has 0 amide bonds. The summed E-state index contributed by atoms with van der Waals surface area (Å²) in [7, 11) is 0. The Bertz CT molecular complexity index is 1350. The van der Waals surface area contributed by atoms with Crippen molar-refractivity contribution >= 4 is 17.4 Å². The molecule has 2 bridgehead atoms. The van der Waals surface area contributed by atoms with Gasteiger partial charge in [-0.05, 0) is 80.7 Å². The molecule has 1 aromatic carbocycles. The van der Waals surface area contributed by atoms with Crippen molar-refractivity contribution in [2.45, 2.75) is 99.8 Å².